The summed E-state index contributed by atoms with van der Waals surface area (Å²) in [5.74, 6) is -1.05. The molecule has 0 saturated heterocycles. The number of nitrogens with two attached hydrogens (primary N) is 1. The van der Waals surface area contributed by atoms with Crippen LogP contribution in [0, 0.1) is 11.8 Å². The molecule has 2 N–H and O–H groups in total. The molecule has 2 atom stereocenters. The van der Waals surface area contributed by atoms with Gasteiger partial charge in [0, 0.05) is 28.2 Å². The van der Waals surface area contributed by atoms with Crippen molar-refractivity contribution in [1.29, 1.82) is 0 Å². The van der Waals surface area contributed by atoms with E-state index in [1.54, 1.807) is 18.2 Å². The Balaban J connectivity index is 2.01. The molecule has 0 aromatic rings. The zero-order valence-corrected chi connectivity index (χ0v) is 16.7. The summed E-state index contributed by atoms with van der Waals surface area (Å²) in [6, 6.07) is 0. The number of nitrogens with zero attached hydrogens (tertiary/aromatic N) is 1. The molecule has 8 heteroatoms. The Kier molecular flexibility index (Phi) is 7.25. The number of sulfonamides is 2. The van der Waals surface area contributed by atoms with Gasteiger partial charge in [-0.25, -0.2) is 16.8 Å². The predicted octanol–water partition coefficient (Wildman–Crippen LogP) is 3.48. The molecule has 2 rings (SSSR count). The highest BCUT2D eigenvalue weighted by Gasteiger charge is 2.32. The van der Waals surface area contributed by atoms with E-state index in [0.717, 1.165) is 32.1 Å². The minimum Gasteiger partial charge on any atom is -0.432 e. The molecule has 0 heterocycles. The van der Waals surface area contributed by atoms with Crippen LogP contribution in [0.3, 0.4) is 0 Å². The van der Waals surface area contributed by atoms with E-state index < -0.39 is 26.0 Å². The second-order valence-electron chi connectivity index (χ2n) is 6.66. The Labute approximate surface area is 157 Å². The second kappa shape index (κ2) is 9.01. The van der Waals surface area contributed by atoms with Crippen molar-refractivity contribution in [1.82, 2.24) is 0 Å². The lowest BCUT2D eigenvalue weighted by Gasteiger charge is -2.33. The molecule has 0 saturated carbocycles. The summed E-state index contributed by atoms with van der Waals surface area (Å²) in [7, 11) is -8.35. The summed E-state index contributed by atoms with van der Waals surface area (Å²) in [6.45, 7) is 2.11. The third-order valence-electron chi connectivity index (χ3n) is 4.53. The average molecular weight is 400 g/mol. The van der Waals surface area contributed by atoms with E-state index in [1.807, 2.05) is 12.2 Å². The first-order valence-corrected chi connectivity index (χ1v) is 12.1. The summed E-state index contributed by atoms with van der Waals surface area (Å²) in [4.78, 5) is -0.0605. The van der Waals surface area contributed by atoms with Crippen molar-refractivity contribution in [3.8, 4) is 0 Å². The van der Waals surface area contributed by atoms with Crippen molar-refractivity contribution in [2.24, 2.45) is 17.6 Å². The molecule has 0 fully saturated rings. The largest absolute Gasteiger partial charge is 0.432 e. The molecule has 26 heavy (non-hydrogen) atoms. The molecule has 0 aromatic heterocycles. The Morgan fingerprint density at radius 2 is 1.58 bits per heavy atom. The lowest BCUT2D eigenvalue weighted by Crippen LogP contribution is -2.29. The third kappa shape index (κ3) is 5.56. The number of rotatable bonds is 10. The zero-order valence-electron chi connectivity index (χ0n) is 15.0. The van der Waals surface area contributed by atoms with E-state index in [0.29, 0.717) is 12.1 Å². The minimum atomic E-state index is -4.30. The van der Waals surface area contributed by atoms with Gasteiger partial charge in [-0.3, -0.25) is 0 Å². The first kappa shape index (κ1) is 20.9. The van der Waals surface area contributed by atoms with Crippen LogP contribution in [0.15, 0.2) is 47.1 Å². The van der Waals surface area contributed by atoms with Gasteiger partial charge in [0.2, 0.25) is 0 Å². The van der Waals surface area contributed by atoms with E-state index >= 15 is 0 Å². The van der Waals surface area contributed by atoms with Crippen molar-refractivity contribution in [2.45, 2.75) is 45.4 Å². The van der Waals surface area contributed by atoms with Gasteiger partial charge in [-0.1, -0.05) is 63.3 Å². The molecule has 0 bridgehead atoms. The SMILES string of the molecule is CCCCCCCCS(=O)(=O)[N-]S(=O)(=O)C1=CC=CC2C=CC=C(N)C12. The van der Waals surface area contributed by atoms with Crippen LogP contribution in [0.4, 0.5) is 0 Å². The van der Waals surface area contributed by atoms with E-state index in [4.69, 9.17) is 5.73 Å². The Morgan fingerprint density at radius 3 is 2.27 bits per heavy atom. The zero-order chi connectivity index (χ0) is 19.2. The summed E-state index contributed by atoms with van der Waals surface area (Å²) in [5, 5.41) is 0. The molecular weight excluding hydrogens is 372 g/mol. The Hall–Kier alpha value is -1.38. The summed E-state index contributed by atoms with van der Waals surface area (Å²) in [6.07, 6.45) is 15.5. The summed E-state index contributed by atoms with van der Waals surface area (Å²) < 4.78 is 52.8. The maximum Gasteiger partial charge on any atom is 0.109 e. The highest BCUT2D eigenvalue weighted by Crippen LogP contribution is 2.39. The van der Waals surface area contributed by atoms with Crippen LogP contribution in [0.1, 0.15) is 45.4 Å². The highest BCUT2D eigenvalue weighted by atomic mass is 32.3. The standard InChI is InChI=1S/C18H27N2O4S2/c1-2-3-4-5-6-7-14-25(21,22)20-26(23,24)17-13-9-11-15-10-8-12-16(19)18(15)17/h8-13,15,18H,2-7,14,19H2,1H3/q-1. The number of hydrogen-bond acceptors (Lipinski definition) is 5. The van der Waals surface area contributed by atoms with Crippen molar-refractivity contribution in [3.05, 3.63) is 51.2 Å². The van der Waals surface area contributed by atoms with Gasteiger partial charge in [0.15, 0.2) is 0 Å². The normalized spacial score (nSPS) is 22.7. The minimum absolute atomic E-state index is 0.0605. The van der Waals surface area contributed by atoms with Gasteiger partial charge in [0.05, 0.1) is 10.0 Å². The Morgan fingerprint density at radius 1 is 0.962 bits per heavy atom. The highest BCUT2D eigenvalue weighted by molar-refractivity contribution is 8.14. The van der Waals surface area contributed by atoms with Crippen molar-refractivity contribution >= 4 is 20.0 Å². The lowest BCUT2D eigenvalue weighted by atomic mass is 9.83. The number of unbranched alkanes of at least 4 members (excludes halogenated alkanes) is 5. The number of allylic oxidation sites excluding steroid dienone is 7. The van der Waals surface area contributed by atoms with Gasteiger partial charge in [0.1, 0.15) is 10.0 Å². The fourth-order valence-electron chi connectivity index (χ4n) is 3.18. The fourth-order valence-corrected chi connectivity index (χ4v) is 6.46. The smallest absolute Gasteiger partial charge is 0.109 e. The maximum atomic E-state index is 12.6. The van der Waals surface area contributed by atoms with Gasteiger partial charge < -0.3 is 9.86 Å². The van der Waals surface area contributed by atoms with Gasteiger partial charge in [-0.05, 0) is 18.6 Å². The molecule has 2 aliphatic carbocycles. The van der Waals surface area contributed by atoms with Crippen LogP contribution < -0.4 is 5.73 Å². The first-order chi connectivity index (χ1) is 12.3. The van der Waals surface area contributed by atoms with Crippen LogP contribution >= 0.6 is 0 Å². The average Bonchev–Trinajstić information content (AvgIpc) is 2.57. The van der Waals surface area contributed by atoms with Crippen molar-refractivity contribution < 1.29 is 16.8 Å². The molecule has 2 aliphatic rings. The summed E-state index contributed by atoms with van der Waals surface area (Å²) >= 11 is 0. The number of hydrogen-bond donors (Lipinski definition) is 1. The topological polar surface area (TPSA) is 108 Å². The molecule has 0 aliphatic heterocycles. The van der Waals surface area contributed by atoms with Gasteiger partial charge in [0.25, 0.3) is 0 Å². The maximum absolute atomic E-state index is 12.6. The molecule has 2 unspecified atom stereocenters. The van der Waals surface area contributed by atoms with Gasteiger partial charge in [-0.15, -0.1) is 0 Å². The van der Waals surface area contributed by atoms with Crippen LogP contribution in [0.2, 0.25) is 0 Å². The van der Waals surface area contributed by atoms with E-state index in [2.05, 4.69) is 11.1 Å². The van der Waals surface area contributed by atoms with E-state index in [-0.39, 0.29) is 16.6 Å². The van der Waals surface area contributed by atoms with Crippen LogP contribution in [0.5, 0.6) is 0 Å². The van der Waals surface area contributed by atoms with Crippen molar-refractivity contribution in [3.63, 3.8) is 0 Å². The molecule has 146 valence electrons. The van der Waals surface area contributed by atoms with Gasteiger partial charge in [-0.2, -0.15) is 0 Å². The fraction of sp³-hybridized carbons (Fsp3) is 0.556. The van der Waals surface area contributed by atoms with E-state index in [1.165, 1.54) is 6.08 Å². The summed E-state index contributed by atoms with van der Waals surface area (Å²) in [5.41, 5.74) is 6.35. The van der Waals surface area contributed by atoms with Crippen molar-refractivity contribution in [2.75, 3.05) is 5.75 Å². The second-order valence-corrected chi connectivity index (χ2v) is 10.3. The van der Waals surface area contributed by atoms with Gasteiger partial charge >= 0.3 is 0 Å². The lowest BCUT2D eigenvalue weighted by molar-refractivity contribution is 0.570. The van der Waals surface area contributed by atoms with Crippen LogP contribution in [0.25, 0.3) is 4.13 Å². The molecule has 0 radical (unpaired) electrons. The van der Waals surface area contributed by atoms with E-state index in [9.17, 15) is 16.8 Å². The first-order valence-electron chi connectivity index (χ1n) is 9.01. The Bertz CT molecular complexity index is 821. The monoisotopic (exact) mass is 399 g/mol. The molecule has 0 aromatic carbocycles. The third-order valence-corrected chi connectivity index (χ3v) is 8.02. The quantitative estimate of drug-likeness (QED) is 0.566. The molecule has 0 amide bonds. The number of fused-ring (bicyclic) bond motifs is 1. The predicted molar refractivity (Wildman–Crippen MR) is 105 cm³/mol. The van der Waals surface area contributed by atoms with Crippen LogP contribution in [-0.4, -0.2) is 22.6 Å². The van der Waals surface area contributed by atoms with Crippen LogP contribution in [-0.2, 0) is 20.0 Å². The molecular formula is C18H27N2O4S2-. The molecule has 0 spiro atoms. The molecule has 6 nitrogen and oxygen atoms in total.